The number of carbonyl (C=O) groups excluding carboxylic acids is 1. The van der Waals surface area contributed by atoms with E-state index in [0.29, 0.717) is 31.0 Å². The Kier molecular flexibility index (Phi) is 6.39. The summed E-state index contributed by atoms with van der Waals surface area (Å²) in [4.78, 5) is 13.9. The zero-order valence-electron chi connectivity index (χ0n) is 15.2. The number of morpholine rings is 1. The van der Waals surface area contributed by atoms with Crippen molar-refractivity contribution in [1.82, 2.24) is 4.90 Å². The summed E-state index contributed by atoms with van der Waals surface area (Å²) in [6.45, 7) is 5.45. The van der Waals surface area contributed by atoms with E-state index in [1.165, 1.54) is 13.2 Å². The highest BCUT2D eigenvalue weighted by Crippen LogP contribution is 2.29. The Morgan fingerprint density at radius 2 is 2.00 bits per heavy atom. The minimum absolute atomic E-state index is 0.103. The Bertz CT molecular complexity index is 753. The second-order valence-electron chi connectivity index (χ2n) is 6.19. The van der Waals surface area contributed by atoms with Crippen LogP contribution < -0.4 is 17.2 Å². The van der Waals surface area contributed by atoms with Crippen molar-refractivity contribution in [2.75, 3.05) is 26.8 Å². The molecule has 1 fully saturated rings. The molecular formula is C18H25ClN4O3. The highest BCUT2D eigenvalue weighted by atomic mass is 35.5. The number of ether oxygens (including phenoxy) is 2. The van der Waals surface area contributed by atoms with Gasteiger partial charge in [0.05, 0.1) is 25.0 Å². The van der Waals surface area contributed by atoms with Crippen molar-refractivity contribution in [3.63, 3.8) is 0 Å². The fourth-order valence-electron chi connectivity index (χ4n) is 3.06. The van der Waals surface area contributed by atoms with E-state index in [0.717, 1.165) is 16.7 Å². The van der Waals surface area contributed by atoms with E-state index in [4.69, 9.17) is 38.3 Å². The number of hydrogen-bond acceptors (Lipinski definition) is 7. The molecule has 1 aromatic carbocycles. The lowest BCUT2D eigenvalue weighted by molar-refractivity contribution is -0.0176. The molecule has 1 saturated heterocycles. The van der Waals surface area contributed by atoms with Crippen molar-refractivity contribution in [3.8, 4) is 0 Å². The number of hydrogen-bond donors (Lipinski definition) is 3. The molecule has 2 rings (SSSR count). The van der Waals surface area contributed by atoms with Crippen LogP contribution >= 0.6 is 11.6 Å². The second-order valence-corrected chi connectivity index (χ2v) is 6.63. The van der Waals surface area contributed by atoms with E-state index in [1.807, 2.05) is 30.9 Å². The van der Waals surface area contributed by atoms with Gasteiger partial charge in [0.25, 0.3) is 0 Å². The van der Waals surface area contributed by atoms with Gasteiger partial charge in [-0.2, -0.15) is 0 Å². The fourth-order valence-corrected chi connectivity index (χ4v) is 3.16. The average Bonchev–Trinajstić information content (AvgIpc) is 2.60. The van der Waals surface area contributed by atoms with E-state index in [9.17, 15) is 4.79 Å². The Hall–Kier alpha value is -2.38. The molecule has 6 N–H and O–H groups in total. The molecule has 0 saturated carbocycles. The van der Waals surface area contributed by atoms with Crippen LogP contribution in [0.3, 0.4) is 0 Å². The molecule has 1 aromatic rings. The smallest absolute Gasteiger partial charge is 0.338 e. The lowest BCUT2D eigenvalue weighted by Gasteiger charge is -2.36. The van der Waals surface area contributed by atoms with Crippen LogP contribution in [0.1, 0.15) is 33.2 Å². The summed E-state index contributed by atoms with van der Waals surface area (Å²) in [5, 5.41) is 0.103. The molecule has 0 spiro atoms. The van der Waals surface area contributed by atoms with Crippen molar-refractivity contribution in [2.45, 2.75) is 20.0 Å². The maximum Gasteiger partial charge on any atom is 0.338 e. The highest BCUT2D eigenvalue weighted by molar-refractivity contribution is 6.29. The lowest BCUT2D eigenvalue weighted by Crippen LogP contribution is -2.39. The molecule has 0 aromatic heterocycles. The molecule has 1 aliphatic heterocycles. The van der Waals surface area contributed by atoms with Crippen LogP contribution in [0, 0.1) is 13.8 Å². The molecule has 1 aliphatic rings. The van der Waals surface area contributed by atoms with Crippen LogP contribution in [0.15, 0.2) is 34.9 Å². The topological polar surface area (TPSA) is 117 Å². The molecule has 0 radical (unpaired) electrons. The summed E-state index contributed by atoms with van der Waals surface area (Å²) in [7, 11) is 1.37. The summed E-state index contributed by atoms with van der Waals surface area (Å²) in [6, 6.07) is 3.78. The molecule has 26 heavy (non-hydrogen) atoms. The van der Waals surface area contributed by atoms with E-state index in [-0.39, 0.29) is 23.1 Å². The van der Waals surface area contributed by atoms with Gasteiger partial charge in [-0.15, -0.1) is 0 Å². The first-order valence-corrected chi connectivity index (χ1v) is 8.56. The van der Waals surface area contributed by atoms with Gasteiger partial charge in [0, 0.05) is 13.1 Å². The summed E-state index contributed by atoms with van der Waals surface area (Å²) in [5.74, 6) is -0.213. The standard InChI is InChI=1S/C18H25ClN4O3/c1-10-7-13(18(24)25-3)11(2)6-12(10)15-9-23(4-5-26-15)14(17(21)22)8-16(19)20/h6-8,15H,4-5,9,20-22H2,1-3H3/b16-8-. The van der Waals surface area contributed by atoms with Gasteiger partial charge in [-0.1, -0.05) is 17.7 Å². The molecule has 1 unspecified atom stereocenters. The number of esters is 1. The van der Waals surface area contributed by atoms with Crippen LogP contribution in [-0.4, -0.2) is 37.7 Å². The largest absolute Gasteiger partial charge is 0.465 e. The first-order valence-electron chi connectivity index (χ1n) is 8.18. The van der Waals surface area contributed by atoms with Crippen LogP contribution in [0.4, 0.5) is 0 Å². The second kappa shape index (κ2) is 8.33. The predicted molar refractivity (Wildman–Crippen MR) is 101 cm³/mol. The number of rotatable bonds is 4. The number of nitrogens with two attached hydrogens (primary N) is 3. The third-order valence-corrected chi connectivity index (χ3v) is 4.45. The molecular weight excluding hydrogens is 356 g/mol. The Labute approximate surface area is 158 Å². The van der Waals surface area contributed by atoms with Gasteiger partial charge in [-0.25, -0.2) is 4.79 Å². The lowest BCUT2D eigenvalue weighted by atomic mass is 9.95. The predicted octanol–water partition coefficient (Wildman–Crippen LogP) is 1.59. The molecule has 0 bridgehead atoms. The quantitative estimate of drug-likeness (QED) is 0.412. The van der Waals surface area contributed by atoms with E-state index in [1.54, 1.807) is 0 Å². The number of aryl methyl sites for hydroxylation is 2. The number of nitrogens with zero attached hydrogens (tertiary/aromatic N) is 1. The molecule has 0 aliphatic carbocycles. The monoisotopic (exact) mass is 380 g/mol. The molecule has 1 heterocycles. The van der Waals surface area contributed by atoms with Crippen LogP contribution in [-0.2, 0) is 9.47 Å². The number of allylic oxidation sites excluding steroid dienone is 1. The van der Waals surface area contributed by atoms with Crippen molar-refractivity contribution in [3.05, 3.63) is 57.1 Å². The van der Waals surface area contributed by atoms with Gasteiger partial charge in [-0.3, -0.25) is 0 Å². The van der Waals surface area contributed by atoms with Crippen LogP contribution in [0.25, 0.3) is 0 Å². The summed E-state index contributed by atoms with van der Waals surface area (Å²) >= 11 is 5.79. The fraction of sp³-hybridized carbons (Fsp3) is 0.389. The zero-order valence-corrected chi connectivity index (χ0v) is 16.0. The minimum Gasteiger partial charge on any atom is -0.465 e. The third kappa shape index (κ3) is 4.42. The maximum absolute atomic E-state index is 11.9. The number of halogens is 1. The van der Waals surface area contributed by atoms with Gasteiger partial charge >= 0.3 is 5.97 Å². The molecule has 8 heteroatoms. The van der Waals surface area contributed by atoms with E-state index in [2.05, 4.69) is 0 Å². The van der Waals surface area contributed by atoms with Crippen LogP contribution in [0.5, 0.6) is 0 Å². The molecule has 142 valence electrons. The normalized spacial score (nSPS) is 17.8. The van der Waals surface area contributed by atoms with Gasteiger partial charge < -0.3 is 31.6 Å². The average molecular weight is 381 g/mol. The van der Waals surface area contributed by atoms with Crippen molar-refractivity contribution in [2.24, 2.45) is 17.2 Å². The SMILES string of the molecule is COC(=O)c1cc(C)c(C2CN(C(/C=C(\N)Cl)=C(N)N)CCO2)cc1C. The van der Waals surface area contributed by atoms with Crippen molar-refractivity contribution >= 4 is 17.6 Å². The van der Waals surface area contributed by atoms with Gasteiger partial charge in [0.1, 0.15) is 17.1 Å². The number of carbonyl (C=O) groups is 1. The van der Waals surface area contributed by atoms with Gasteiger partial charge in [0.2, 0.25) is 0 Å². The number of methoxy groups -OCH3 is 1. The van der Waals surface area contributed by atoms with E-state index < -0.39 is 0 Å². The maximum atomic E-state index is 11.9. The van der Waals surface area contributed by atoms with Gasteiger partial charge in [-0.05, 0) is 42.7 Å². The van der Waals surface area contributed by atoms with Gasteiger partial charge in [0.15, 0.2) is 0 Å². The zero-order chi connectivity index (χ0) is 19.4. The Balaban J connectivity index is 2.33. The molecule has 0 amide bonds. The number of benzene rings is 1. The Morgan fingerprint density at radius 1 is 1.31 bits per heavy atom. The highest BCUT2D eigenvalue weighted by Gasteiger charge is 2.26. The van der Waals surface area contributed by atoms with Crippen LogP contribution in [0.2, 0.25) is 0 Å². The minimum atomic E-state index is -0.354. The van der Waals surface area contributed by atoms with E-state index >= 15 is 0 Å². The van der Waals surface area contributed by atoms with Crippen molar-refractivity contribution in [1.29, 1.82) is 0 Å². The first kappa shape index (κ1) is 19.9. The first-order chi connectivity index (χ1) is 12.2. The Morgan fingerprint density at radius 3 is 2.58 bits per heavy atom. The summed E-state index contributed by atoms with van der Waals surface area (Å²) in [5.41, 5.74) is 21.0. The molecule has 1 atom stereocenters. The van der Waals surface area contributed by atoms with Crippen molar-refractivity contribution < 1.29 is 14.3 Å². The third-order valence-electron chi connectivity index (χ3n) is 4.34. The summed E-state index contributed by atoms with van der Waals surface area (Å²) in [6.07, 6.45) is 1.34. The summed E-state index contributed by atoms with van der Waals surface area (Å²) < 4.78 is 10.8. The molecule has 7 nitrogen and oxygen atoms in total.